The average molecular weight is 288 g/mol. The minimum atomic E-state index is 1.29. The van der Waals surface area contributed by atoms with Gasteiger partial charge >= 0.3 is 0 Å². The molecule has 0 radical (unpaired) electrons. The maximum absolute atomic E-state index is 2.30. The van der Waals surface area contributed by atoms with Crippen molar-refractivity contribution in [1.82, 2.24) is 8.80 Å². The average Bonchev–Trinajstić information content (AvgIpc) is 2.94. The van der Waals surface area contributed by atoms with Crippen LogP contribution in [0.5, 0.6) is 0 Å². The lowest BCUT2D eigenvalue weighted by atomic mass is 9.99. The third-order valence-electron chi connectivity index (χ3n) is 5.04. The van der Waals surface area contributed by atoms with Gasteiger partial charge in [-0.25, -0.2) is 0 Å². The fourth-order valence-electron chi connectivity index (χ4n) is 3.62. The molecular weight excluding hydrogens is 268 g/mol. The summed E-state index contributed by atoms with van der Waals surface area (Å²) in [5, 5.41) is 0. The van der Waals surface area contributed by atoms with Crippen LogP contribution < -0.4 is 0 Å². The largest absolute Gasteiger partial charge is 0.320 e. The van der Waals surface area contributed by atoms with E-state index >= 15 is 0 Å². The standard InChI is InChI=1S/C20H20N2/c1-13-15(3)21-11-7-5-9-17(21)19(13)20-14(2)16(4)22-12-8-6-10-18(20)22/h5-12H,1-4H3. The van der Waals surface area contributed by atoms with Crippen LogP contribution in [0.2, 0.25) is 0 Å². The zero-order valence-electron chi connectivity index (χ0n) is 13.5. The second-order valence-electron chi connectivity index (χ2n) is 6.08. The van der Waals surface area contributed by atoms with Gasteiger partial charge in [-0.2, -0.15) is 0 Å². The van der Waals surface area contributed by atoms with Gasteiger partial charge in [0.15, 0.2) is 0 Å². The van der Waals surface area contributed by atoms with Crippen LogP contribution in [0.25, 0.3) is 22.2 Å². The van der Waals surface area contributed by atoms with Crippen LogP contribution in [0.1, 0.15) is 22.5 Å². The number of rotatable bonds is 1. The first-order valence-electron chi connectivity index (χ1n) is 7.74. The Morgan fingerprint density at radius 1 is 0.591 bits per heavy atom. The summed E-state index contributed by atoms with van der Waals surface area (Å²) in [6, 6.07) is 12.9. The second kappa shape index (κ2) is 4.51. The number of hydrogen-bond donors (Lipinski definition) is 0. The molecule has 22 heavy (non-hydrogen) atoms. The Morgan fingerprint density at radius 2 is 1.00 bits per heavy atom. The Labute approximate surface area is 130 Å². The van der Waals surface area contributed by atoms with Crippen LogP contribution in [-0.4, -0.2) is 8.80 Å². The van der Waals surface area contributed by atoms with Crippen LogP contribution in [-0.2, 0) is 0 Å². The molecule has 0 fully saturated rings. The number of aromatic nitrogens is 2. The summed E-state index contributed by atoms with van der Waals surface area (Å²) in [5.74, 6) is 0. The van der Waals surface area contributed by atoms with Gasteiger partial charge in [0.05, 0.1) is 11.0 Å². The molecule has 4 aromatic heterocycles. The minimum Gasteiger partial charge on any atom is -0.320 e. The Balaban J connectivity index is 2.22. The molecule has 0 N–H and O–H groups in total. The summed E-state index contributed by atoms with van der Waals surface area (Å²) in [6.07, 6.45) is 4.31. The lowest BCUT2D eigenvalue weighted by molar-refractivity contribution is 1.09. The lowest BCUT2D eigenvalue weighted by Crippen LogP contribution is -1.85. The molecule has 0 aliphatic heterocycles. The highest BCUT2D eigenvalue weighted by Crippen LogP contribution is 2.39. The van der Waals surface area contributed by atoms with Gasteiger partial charge in [0.25, 0.3) is 0 Å². The number of fused-ring (bicyclic) bond motifs is 2. The molecule has 0 bridgehead atoms. The predicted octanol–water partition coefficient (Wildman–Crippen LogP) is 5.09. The number of aryl methyl sites for hydroxylation is 2. The lowest BCUT2D eigenvalue weighted by Gasteiger charge is -2.04. The molecule has 0 atom stereocenters. The van der Waals surface area contributed by atoms with Gasteiger partial charge in [0, 0.05) is 34.9 Å². The zero-order chi connectivity index (χ0) is 15.4. The van der Waals surface area contributed by atoms with E-state index in [4.69, 9.17) is 0 Å². The third-order valence-corrected chi connectivity index (χ3v) is 5.04. The first-order chi connectivity index (χ1) is 10.6. The van der Waals surface area contributed by atoms with Crippen molar-refractivity contribution in [2.45, 2.75) is 27.7 Å². The van der Waals surface area contributed by atoms with E-state index in [1.807, 2.05) is 0 Å². The van der Waals surface area contributed by atoms with E-state index < -0.39 is 0 Å². The Morgan fingerprint density at radius 3 is 1.41 bits per heavy atom. The quantitative estimate of drug-likeness (QED) is 0.461. The molecule has 2 heteroatoms. The highest BCUT2D eigenvalue weighted by Gasteiger charge is 2.20. The van der Waals surface area contributed by atoms with Crippen LogP contribution in [0.15, 0.2) is 48.8 Å². The summed E-state index contributed by atoms with van der Waals surface area (Å²) < 4.78 is 4.60. The Kier molecular flexibility index (Phi) is 2.70. The van der Waals surface area contributed by atoms with Crippen molar-refractivity contribution in [3.05, 3.63) is 71.3 Å². The molecule has 0 saturated carbocycles. The van der Waals surface area contributed by atoms with Gasteiger partial charge in [-0.05, 0) is 63.1 Å². The van der Waals surface area contributed by atoms with Crippen LogP contribution in [0, 0.1) is 27.7 Å². The fourth-order valence-corrected chi connectivity index (χ4v) is 3.62. The van der Waals surface area contributed by atoms with Crippen molar-refractivity contribution < 1.29 is 0 Å². The van der Waals surface area contributed by atoms with Crippen molar-refractivity contribution in [2.75, 3.05) is 0 Å². The van der Waals surface area contributed by atoms with Crippen molar-refractivity contribution in [3.8, 4) is 11.1 Å². The monoisotopic (exact) mass is 288 g/mol. The van der Waals surface area contributed by atoms with E-state index in [1.54, 1.807) is 0 Å². The molecule has 0 unspecified atom stereocenters. The molecule has 0 amide bonds. The maximum atomic E-state index is 2.30. The predicted molar refractivity (Wildman–Crippen MR) is 92.7 cm³/mol. The number of hydrogen-bond acceptors (Lipinski definition) is 0. The van der Waals surface area contributed by atoms with E-state index in [2.05, 4.69) is 85.3 Å². The molecule has 4 aromatic rings. The molecule has 4 rings (SSSR count). The molecule has 0 aromatic carbocycles. The van der Waals surface area contributed by atoms with E-state index in [0.29, 0.717) is 0 Å². The topological polar surface area (TPSA) is 8.82 Å². The van der Waals surface area contributed by atoms with Gasteiger partial charge in [0.1, 0.15) is 0 Å². The van der Waals surface area contributed by atoms with E-state index in [-0.39, 0.29) is 0 Å². The molecule has 4 heterocycles. The fraction of sp³-hybridized carbons (Fsp3) is 0.200. The van der Waals surface area contributed by atoms with Gasteiger partial charge in [0.2, 0.25) is 0 Å². The van der Waals surface area contributed by atoms with Gasteiger partial charge in [-0.15, -0.1) is 0 Å². The molecule has 0 spiro atoms. The van der Waals surface area contributed by atoms with E-state index in [0.717, 1.165) is 0 Å². The van der Waals surface area contributed by atoms with Crippen molar-refractivity contribution in [2.24, 2.45) is 0 Å². The van der Waals surface area contributed by atoms with Crippen LogP contribution >= 0.6 is 0 Å². The molecule has 0 aliphatic carbocycles. The summed E-state index contributed by atoms with van der Waals surface area (Å²) in [5.41, 5.74) is 10.7. The molecule has 0 saturated heterocycles. The van der Waals surface area contributed by atoms with Crippen LogP contribution in [0.3, 0.4) is 0 Å². The molecule has 2 nitrogen and oxygen atoms in total. The smallest absolute Gasteiger partial charge is 0.0534 e. The first kappa shape index (κ1) is 13.2. The van der Waals surface area contributed by atoms with Crippen molar-refractivity contribution in [1.29, 1.82) is 0 Å². The Bertz CT molecular complexity index is 931. The highest BCUT2D eigenvalue weighted by atomic mass is 14.9. The summed E-state index contributed by atoms with van der Waals surface area (Å²) in [6.45, 7) is 8.87. The van der Waals surface area contributed by atoms with Gasteiger partial charge < -0.3 is 8.80 Å². The second-order valence-corrected chi connectivity index (χ2v) is 6.08. The van der Waals surface area contributed by atoms with E-state index in [9.17, 15) is 0 Å². The van der Waals surface area contributed by atoms with E-state index in [1.165, 1.54) is 44.7 Å². The highest BCUT2D eigenvalue weighted by molar-refractivity contribution is 5.95. The first-order valence-corrected chi connectivity index (χ1v) is 7.74. The zero-order valence-corrected chi connectivity index (χ0v) is 13.5. The number of pyridine rings is 2. The summed E-state index contributed by atoms with van der Waals surface area (Å²) in [7, 11) is 0. The van der Waals surface area contributed by atoms with Gasteiger partial charge in [-0.3, -0.25) is 0 Å². The number of nitrogens with zero attached hydrogens (tertiary/aromatic N) is 2. The molecule has 110 valence electrons. The maximum Gasteiger partial charge on any atom is 0.0534 e. The normalized spacial score (nSPS) is 11.6. The van der Waals surface area contributed by atoms with Crippen molar-refractivity contribution in [3.63, 3.8) is 0 Å². The summed E-state index contributed by atoms with van der Waals surface area (Å²) >= 11 is 0. The molecule has 0 aliphatic rings. The Hall–Kier alpha value is -2.48. The van der Waals surface area contributed by atoms with Crippen molar-refractivity contribution >= 4 is 11.0 Å². The molecular formula is C20H20N2. The third kappa shape index (κ3) is 1.55. The summed E-state index contributed by atoms with van der Waals surface area (Å²) in [4.78, 5) is 0. The SMILES string of the molecule is Cc1c(-c2c(C)c(C)n3ccccc23)c2ccccn2c1C. The minimum absolute atomic E-state index is 1.29. The van der Waals surface area contributed by atoms with Gasteiger partial charge in [-0.1, -0.05) is 12.1 Å². The van der Waals surface area contributed by atoms with Crippen LogP contribution in [0.4, 0.5) is 0 Å².